The molecule has 3 aromatic rings. The number of aryl methyl sites for hydroxylation is 2. The minimum absolute atomic E-state index is 0.00557. The highest BCUT2D eigenvalue weighted by Gasteiger charge is 2.28. The van der Waals surface area contributed by atoms with Crippen LogP contribution in [0.15, 0.2) is 47.1 Å². The van der Waals surface area contributed by atoms with E-state index in [9.17, 15) is 14.9 Å². The van der Waals surface area contributed by atoms with Crippen LogP contribution in [-0.4, -0.2) is 29.7 Å². The van der Waals surface area contributed by atoms with Crippen LogP contribution in [0, 0.1) is 25.2 Å². The fourth-order valence-corrected chi connectivity index (χ4v) is 2.96. The van der Waals surface area contributed by atoms with Crippen molar-refractivity contribution in [2.24, 2.45) is 0 Å². The molecule has 0 aliphatic carbocycles. The standard InChI is InChI=1S/C22H21N3O5/c1-13-7-8-18(28-4)17(11-13)24-20(26)15(3)30-22(27)19-14(2)29-21(16(19)12-23)25-9-5-6-10-25/h5-11,15H,1-4H3,(H,24,26)/t15-/m0/s1. The number of amides is 1. The van der Waals surface area contributed by atoms with Crippen LogP contribution in [0.1, 0.15) is 34.2 Å². The quantitative estimate of drug-likeness (QED) is 0.624. The smallest absolute Gasteiger partial charge is 0.343 e. The van der Waals surface area contributed by atoms with Gasteiger partial charge in [-0.3, -0.25) is 9.36 Å². The monoisotopic (exact) mass is 407 g/mol. The highest BCUT2D eigenvalue weighted by atomic mass is 16.5. The molecular weight excluding hydrogens is 386 g/mol. The van der Waals surface area contributed by atoms with E-state index in [4.69, 9.17) is 13.9 Å². The number of nitrogens with zero attached hydrogens (tertiary/aromatic N) is 2. The number of benzene rings is 1. The first-order chi connectivity index (χ1) is 14.3. The summed E-state index contributed by atoms with van der Waals surface area (Å²) in [5.74, 6) is -0.411. The first-order valence-corrected chi connectivity index (χ1v) is 9.19. The van der Waals surface area contributed by atoms with Crippen LogP contribution in [-0.2, 0) is 9.53 Å². The summed E-state index contributed by atoms with van der Waals surface area (Å²) in [4.78, 5) is 25.3. The predicted molar refractivity (Wildman–Crippen MR) is 109 cm³/mol. The van der Waals surface area contributed by atoms with E-state index >= 15 is 0 Å². The second kappa shape index (κ2) is 8.57. The van der Waals surface area contributed by atoms with Gasteiger partial charge in [-0.1, -0.05) is 6.07 Å². The van der Waals surface area contributed by atoms with E-state index in [1.54, 1.807) is 48.1 Å². The van der Waals surface area contributed by atoms with Crippen molar-refractivity contribution in [1.29, 1.82) is 5.26 Å². The number of hydrogen-bond acceptors (Lipinski definition) is 6. The lowest BCUT2D eigenvalue weighted by atomic mass is 10.1. The van der Waals surface area contributed by atoms with Crippen molar-refractivity contribution in [3.8, 4) is 17.7 Å². The summed E-state index contributed by atoms with van der Waals surface area (Å²) in [6, 6.07) is 10.9. The topological polar surface area (TPSA) is 106 Å². The number of hydrogen-bond donors (Lipinski definition) is 1. The van der Waals surface area contributed by atoms with Gasteiger partial charge in [0.05, 0.1) is 12.8 Å². The van der Waals surface area contributed by atoms with Crippen LogP contribution in [0.25, 0.3) is 5.88 Å². The third kappa shape index (κ3) is 4.05. The lowest BCUT2D eigenvalue weighted by Crippen LogP contribution is -2.30. The van der Waals surface area contributed by atoms with Gasteiger partial charge in [0.25, 0.3) is 5.91 Å². The zero-order chi connectivity index (χ0) is 21.8. The van der Waals surface area contributed by atoms with E-state index in [1.807, 2.05) is 19.1 Å². The molecule has 1 amide bonds. The predicted octanol–water partition coefficient (Wildman–Crippen LogP) is 3.75. The number of aromatic nitrogens is 1. The maximum absolute atomic E-state index is 12.7. The summed E-state index contributed by atoms with van der Waals surface area (Å²) in [6.45, 7) is 4.89. The lowest BCUT2D eigenvalue weighted by molar-refractivity contribution is -0.123. The number of carbonyl (C=O) groups excluding carboxylic acids is 2. The fraction of sp³-hybridized carbons (Fsp3) is 0.227. The van der Waals surface area contributed by atoms with Gasteiger partial charge in [0.15, 0.2) is 6.10 Å². The number of rotatable bonds is 6. The second-order valence-electron chi connectivity index (χ2n) is 6.66. The molecule has 0 spiro atoms. The molecule has 0 fully saturated rings. The zero-order valence-electron chi connectivity index (χ0n) is 17.1. The molecular formula is C22H21N3O5. The molecule has 0 radical (unpaired) electrons. The first kappa shape index (κ1) is 20.7. The van der Waals surface area contributed by atoms with Crippen LogP contribution in [0.2, 0.25) is 0 Å². The average molecular weight is 407 g/mol. The number of methoxy groups -OCH3 is 1. The Morgan fingerprint density at radius 3 is 2.57 bits per heavy atom. The summed E-state index contributed by atoms with van der Waals surface area (Å²) in [6.07, 6.45) is 2.28. The Balaban J connectivity index is 1.79. The zero-order valence-corrected chi connectivity index (χ0v) is 17.1. The molecule has 0 saturated heterocycles. The normalized spacial score (nSPS) is 11.4. The summed E-state index contributed by atoms with van der Waals surface area (Å²) >= 11 is 0. The molecule has 1 atom stereocenters. The molecule has 0 aliphatic rings. The fourth-order valence-electron chi connectivity index (χ4n) is 2.96. The van der Waals surface area contributed by atoms with Gasteiger partial charge in [0, 0.05) is 12.4 Å². The molecule has 30 heavy (non-hydrogen) atoms. The van der Waals surface area contributed by atoms with Gasteiger partial charge in [-0.05, 0) is 50.6 Å². The van der Waals surface area contributed by atoms with Gasteiger partial charge in [-0.15, -0.1) is 0 Å². The third-order valence-electron chi connectivity index (χ3n) is 4.49. The Labute approximate surface area is 173 Å². The van der Waals surface area contributed by atoms with Crippen LogP contribution in [0.5, 0.6) is 5.75 Å². The molecule has 0 aliphatic heterocycles. The number of carbonyl (C=O) groups is 2. The van der Waals surface area contributed by atoms with Crippen LogP contribution >= 0.6 is 0 Å². The molecule has 2 aromatic heterocycles. The SMILES string of the molecule is COc1ccc(C)cc1NC(=O)[C@H](C)OC(=O)c1c(C)oc(-n2cccc2)c1C#N. The summed E-state index contributed by atoms with van der Waals surface area (Å²) in [5, 5.41) is 12.3. The van der Waals surface area contributed by atoms with Crippen molar-refractivity contribution < 1.29 is 23.5 Å². The van der Waals surface area contributed by atoms with Crippen molar-refractivity contribution in [1.82, 2.24) is 4.57 Å². The third-order valence-corrected chi connectivity index (χ3v) is 4.49. The molecule has 154 valence electrons. The minimum Gasteiger partial charge on any atom is -0.495 e. The summed E-state index contributed by atoms with van der Waals surface area (Å²) in [7, 11) is 1.50. The van der Waals surface area contributed by atoms with E-state index in [1.165, 1.54) is 14.0 Å². The van der Waals surface area contributed by atoms with Gasteiger partial charge in [0.1, 0.15) is 28.7 Å². The molecule has 3 rings (SSSR count). The molecule has 8 heteroatoms. The van der Waals surface area contributed by atoms with Crippen molar-refractivity contribution in [2.45, 2.75) is 26.9 Å². The summed E-state index contributed by atoms with van der Waals surface area (Å²) < 4.78 is 17.7. The molecule has 0 saturated carbocycles. The van der Waals surface area contributed by atoms with Crippen LogP contribution in [0.4, 0.5) is 5.69 Å². The van der Waals surface area contributed by atoms with E-state index < -0.39 is 18.0 Å². The van der Waals surface area contributed by atoms with E-state index in [2.05, 4.69) is 5.32 Å². The Morgan fingerprint density at radius 1 is 1.23 bits per heavy atom. The van der Waals surface area contributed by atoms with Gasteiger partial charge >= 0.3 is 5.97 Å². The molecule has 1 aromatic carbocycles. The van der Waals surface area contributed by atoms with Gasteiger partial charge < -0.3 is 19.2 Å². The number of nitriles is 1. The summed E-state index contributed by atoms with van der Waals surface area (Å²) in [5.41, 5.74) is 1.44. The molecule has 0 bridgehead atoms. The Morgan fingerprint density at radius 2 is 1.93 bits per heavy atom. The highest BCUT2D eigenvalue weighted by molar-refractivity contribution is 5.99. The number of ether oxygens (including phenoxy) is 2. The van der Waals surface area contributed by atoms with Crippen LogP contribution in [0.3, 0.4) is 0 Å². The second-order valence-corrected chi connectivity index (χ2v) is 6.66. The van der Waals surface area contributed by atoms with Gasteiger partial charge in [-0.25, -0.2) is 4.79 Å². The lowest BCUT2D eigenvalue weighted by Gasteiger charge is -2.15. The van der Waals surface area contributed by atoms with Crippen molar-refractivity contribution in [3.63, 3.8) is 0 Å². The minimum atomic E-state index is -1.11. The molecule has 2 heterocycles. The van der Waals surface area contributed by atoms with Gasteiger partial charge in [0.2, 0.25) is 5.88 Å². The van der Waals surface area contributed by atoms with E-state index in [-0.39, 0.29) is 22.8 Å². The van der Waals surface area contributed by atoms with Crippen molar-refractivity contribution in [2.75, 3.05) is 12.4 Å². The maximum atomic E-state index is 12.7. The number of anilines is 1. The number of nitrogens with one attached hydrogen (secondary N) is 1. The number of furan rings is 1. The largest absolute Gasteiger partial charge is 0.495 e. The highest BCUT2D eigenvalue weighted by Crippen LogP contribution is 2.27. The van der Waals surface area contributed by atoms with Crippen molar-refractivity contribution >= 4 is 17.6 Å². The maximum Gasteiger partial charge on any atom is 0.343 e. The Hall–Kier alpha value is -3.99. The van der Waals surface area contributed by atoms with E-state index in [0.717, 1.165) is 5.56 Å². The van der Waals surface area contributed by atoms with Crippen molar-refractivity contribution in [3.05, 3.63) is 65.2 Å². The molecule has 1 N–H and O–H groups in total. The molecule has 8 nitrogen and oxygen atoms in total. The van der Waals surface area contributed by atoms with E-state index in [0.29, 0.717) is 11.4 Å². The number of esters is 1. The molecule has 0 unspecified atom stereocenters. The Kier molecular flexibility index (Phi) is 5.93. The Bertz CT molecular complexity index is 1120. The van der Waals surface area contributed by atoms with Crippen LogP contribution < -0.4 is 10.1 Å². The van der Waals surface area contributed by atoms with Gasteiger partial charge in [-0.2, -0.15) is 5.26 Å². The first-order valence-electron chi connectivity index (χ1n) is 9.19. The average Bonchev–Trinajstić information content (AvgIpc) is 3.35.